The molecule has 1 rings (SSSR count). The van der Waals surface area contributed by atoms with E-state index in [1.807, 2.05) is 0 Å². The molecule has 90 valence electrons. The number of benzene rings is 1. The van der Waals surface area contributed by atoms with Gasteiger partial charge < -0.3 is 10.8 Å². The van der Waals surface area contributed by atoms with Gasteiger partial charge in [0.1, 0.15) is 0 Å². The normalized spacial score (nSPS) is 11.6. The van der Waals surface area contributed by atoms with Crippen molar-refractivity contribution in [3.8, 4) is 0 Å². The summed E-state index contributed by atoms with van der Waals surface area (Å²) in [4.78, 5) is 10.3. The van der Waals surface area contributed by atoms with Crippen LogP contribution in [0.3, 0.4) is 0 Å². The maximum absolute atomic E-state index is 10.7. The van der Waals surface area contributed by atoms with Crippen molar-refractivity contribution in [1.29, 1.82) is 0 Å². The number of nitrogens with two attached hydrogens (primary N) is 1. The van der Waals surface area contributed by atoms with E-state index in [1.54, 1.807) is 18.2 Å². The first kappa shape index (κ1) is 14.8. The number of halogens is 1. The summed E-state index contributed by atoms with van der Waals surface area (Å²) in [6, 6.07) is 6.04. The Bertz CT molecular complexity index is 347. The highest BCUT2D eigenvalue weighted by Gasteiger charge is 2.17. The van der Waals surface area contributed by atoms with Crippen LogP contribution in [0.5, 0.6) is 0 Å². The summed E-state index contributed by atoms with van der Waals surface area (Å²) in [5, 5.41) is 19.4. The van der Waals surface area contributed by atoms with Gasteiger partial charge in [0.15, 0.2) is 0 Å². The van der Waals surface area contributed by atoms with E-state index < -0.39 is 11.0 Å². The number of hydrogen-bond donors (Lipinski definition) is 2. The lowest BCUT2D eigenvalue weighted by atomic mass is 10.0. The van der Waals surface area contributed by atoms with Crippen LogP contribution in [0.2, 0.25) is 0 Å². The molecule has 0 unspecified atom stereocenters. The van der Waals surface area contributed by atoms with Gasteiger partial charge in [-0.3, -0.25) is 10.1 Å². The summed E-state index contributed by atoms with van der Waals surface area (Å²) in [5.74, 6) is 0. The second kappa shape index (κ2) is 7.16. The number of para-hydroxylation sites is 1. The fraction of sp³-hybridized carbons (Fsp3) is 0.400. The van der Waals surface area contributed by atoms with E-state index >= 15 is 0 Å². The molecular formula is C10H15ClN2O3. The summed E-state index contributed by atoms with van der Waals surface area (Å²) < 4.78 is 0. The van der Waals surface area contributed by atoms with Crippen LogP contribution >= 0.6 is 12.4 Å². The van der Waals surface area contributed by atoms with Crippen LogP contribution in [0, 0.1) is 10.1 Å². The Morgan fingerprint density at radius 1 is 1.44 bits per heavy atom. The van der Waals surface area contributed by atoms with Gasteiger partial charge in [-0.05, 0) is 12.8 Å². The monoisotopic (exact) mass is 246 g/mol. The van der Waals surface area contributed by atoms with Gasteiger partial charge >= 0.3 is 0 Å². The Hall–Kier alpha value is -1.17. The molecule has 0 aliphatic carbocycles. The standard InChI is InChI=1S/C10H14N2O3.ClH/c11-9(5-3-7-13)8-4-1-2-6-10(8)12(14)15;/h1-2,4,6,9,13H,3,5,7,11H2;1H/t9-;/m1./s1. The van der Waals surface area contributed by atoms with Crippen molar-refractivity contribution in [1.82, 2.24) is 0 Å². The second-order valence-corrected chi connectivity index (χ2v) is 3.29. The topological polar surface area (TPSA) is 89.4 Å². The van der Waals surface area contributed by atoms with Crippen molar-refractivity contribution in [3.63, 3.8) is 0 Å². The molecule has 0 fully saturated rings. The van der Waals surface area contributed by atoms with Gasteiger partial charge in [-0.2, -0.15) is 0 Å². The van der Waals surface area contributed by atoms with Gasteiger partial charge in [-0.15, -0.1) is 12.4 Å². The lowest BCUT2D eigenvalue weighted by Gasteiger charge is -2.10. The summed E-state index contributed by atoms with van der Waals surface area (Å²) >= 11 is 0. The first-order valence-electron chi connectivity index (χ1n) is 4.76. The van der Waals surface area contributed by atoms with Crippen LogP contribution in [0.1, 0.15) is 24.4 Å². The Labute approximate surface area is 99.8 Å². The van der Waals surface area contributed by atoms with E-state index in [-0.39, 0.29) is 24.7 Å². The average molecular weight is 247 g/mol. The van der Waals surface area contributed by atoms with E-state index in [0.717, 1.165) is 0 Å². The zero-order valence-electron chi connectivity index (χ0n) is 8.70. The van der Waals surface area contributed by atoms with Crippen LogP contribution in [0.25, 0.3) is 0 Å². The molecule has 0 heterocycles. The quantitative estimate of drug-likeness (QED) is 0.612. The predicted octanol–water partition coefficient (Wildman–Crippen LogP) is 1.79. The fourth-order valence-electron chi connectivity index (χ4n) is 1.43. The molecule has 5 nitrogen and oxygen atoms in total. The third-order valence-electron chi connectivity index (χ3n) is 2.21. The largest absolute Gasteiger partial charge is 0.396 e. The van der Waals surface area contributed by atoms with Crippen molar-refractivity contribution >= 4 is 18.1 Å². The fourth-order valence-corrected chi connectivity index (χ4v) is 1.43. The number of hydrogen-bond acceptors (Lipinski definition) is 4. The van der Waals surface area contributed by atoms with Crippen LogP contribution in [-0.4, -0.2) is 16.6 Å². The molecule has 0 saturated heterocycles. The third-order valence-corrected chi connectivity index (χ3v) is 2.21. The molecule has 0 spiro atoms. The molecule has 0 aliphatic heterocycles. The first-order chi connectivity index (χ1) is 7.16. The summed E-state index contributed by atoms with van der Waals surface area (Å²) in [6.07, 6.45) is 1.09. The van der Waals surface area contributed by atoms with E-state index in [1.165, 1.54) is 6.07 Å². The Morgan fingerprint density at radius 2 is 2.06 bits per heavy atom. The number of aliphatic hydroxyl groups excluding tert-OH is 1. The maximum Gasteiger partial charge on any atom is 0.274 e. The van der Waals surface area contributed by atoms with Gasteiger partial charge in [0.05, 0.1) is 4.92 Å². The number of nitro groups is 1. The first-order valence-corrected chi connectivity index (χ1v) is 4.76. The Kier molecular flexibility index (Phi) is 6.64. The highest BCUT2D eigenvalue weighted by Crippen LogP contribution is 2.25. The molecule has 1 atom stereocenters. The van der Waals surface area contributed by atoms with Gasteiger partial charge in [0.25, 0.3) is 5.69 Å². The Morgan fingerprint density at radius 3 is 2.62 bits per heavy atom. The summed E-state index contributed by atoms with van der Waals surface area (Å²) in [7, 11) is 0. The molecule has 0 bridgehead atoms. The minimum absolute atomic E-state index is 0. The third kappa shape index (κ3) is 3.77. The van der Waals surface area contributed by atoms with Gasteiger partial charge in [0, 0.05) is 24.3 Å². The van der Waals surface area contributed by atoms with E-state index in [9.17, 15) is 10.1 Å². The van der Waals surface area contributed by atoms with Crippen molar-refractivity contribution in [2.45, 2.75) is 18.9 Å². The highest BCUT2D eigenvalue weighted by molar-refractivity contribution is 5.85. The molecule has 0 saturated carbocycles. The lowest BCUT2D eigenvalue weighted by Crippen LogP contribution is -2.12. The molecule has 0 aliphatic rings. The molecular weight excluding hydrogens is 232 g/mol. The second-order valence-electron chi connectivity index (χ2n) is 3.29. The molecule has 0 amide bonds. The van der Waals surface area contributed by atoms with E-state index in [2.05, 4.69) is 0 Å². The van der Waals surface area contributed by atoms with Gasteiger partial charge in [-0.25, -0.2) is 0 Å². The Balaban J connectivity index is 0.00000225. The van der Waals surface area contributed by atoms with E-state index in [0.29, 0.717) is 18.4 Å². The molecule has 16 heavy (non-hydrogen) atoms. The predicted molar refractivity (Wildman–Crippen MR) is 63.6 cm³/mol. The minimum atomic E-state index is -0.436. The highest BCUT2D eigenvalue weighted by atomic mass is 35.5. The van der Waals surface area contributed by atoms with Crippen LogP contribution in [0.15, 0.2) is 24.3 Å². The number of nitrogens with zero attached hydrogens (tertiary/aromatic N) is 1. The smallest absolute Gasteiger partial charge is 0.274 e. The number of rotatable bonds is 5. The molecule has 1 aromatic carbocycles. The van der Waals surface area contributed by atoms with Crippen LogP contribution in [-0.2, 0) is 0 Å². The number of nitro benzene ring substituents is 1. The molecule has 6 heteroatoms. The van der Waals surface area contributed by atoms with Crippen molar-refractivity contribution < 1.29 is 10.0 Å². The van der Waals surface area contributed by atoms with E-state index in [4.69, 9.17) is 10.8 Å². The van der Waals surface area contributed by atoms with Crippen LogP contribution < -0.4 is 5.73 Å². The molecule has 3 N–H and O–H groups in total. The maximum atomic E-state index is 10.7. The SMILES string of the molecule is Cl.N[C@H](CCCO)c1ccccc1[N+](=O)[O-]. The average Bonchev–Trinajstić information content (AvgIpc) is 2.25. The van der Waals surface area contributed by atoms with Crippen molar-refractivity contribution in [2.75, 3.05) is 6.61 Å². The lowest BCUT2D eigenvalue weighted by molar-refractivity contribution is -0.385. The molecule has 1 aromatic rings. The molecule has 0 radical (unpaired) electrons. The van der Waals surface area contributed by atoms with Gasteiger partial charge in [-0.1, -0.05) is 18.2 Å². The van der Waals surface area contributed by atoms with Crippen molar-refractivity contribution in [3.05, 3.63) is 39.9 Å². The zero-order valence-corrected chi connectivity index (χ0v) is 9.52. The van der Waals surface area contributed by atoms with Gasteiger partial charge in [0.2, 0.25) is 0 Å². The molecule has 0 aromatic heterocycles. The summed E-state index contributed by atoms with van der Waals surface area (Å²) in [6.45, 7) is 0.0499. The zero-order chi connectivity index (χ0) is 11.3. The van der Waals surface area contributed by atoms with Crippen molar-refractivity contribution in [2.24, 2.45) is 5.73 Å². The number of aliphatic hydroxyl groups is 1. The van der Waals surface area contributed by atoms with Crippen LogP contribution in [0.4, 0.5) is 5.69 Å². The minimum Gasteiger partial charge on any atom is -0.396 e. The summed E-state index contributed by atoms with van der Waals surface area (Å²) in [5.41, 5.74) is 6.37.